The van der Waals surface area contributed by atoms with E-state index in [2.05, 4.69) is 51.1 Å². The van der Waals surface area contributed by atoms with Gasteiger partial charge in [0, 0.05) is 6.42 Å². The van der Waals surface area contributed by atoms with Gasteiger partial charge in [0.1, 0.15) is 17.8 Å². The van der Waals surface area contributed by atoms with Crippen LogP contribution in [-0.4, -0.2) is 31.8 Å². The highest BCUT2D eigenvalue weighted by molar-refractivity contribution is 6.99. The van der Waals surface area contributed by atoms with Crippen LogP contribution in [0.25, 0.3) is 0 Å². The Labute approximate surface area is 198 Å². The molecular weight excluding hydrogens is 430 g/mol. The summed E-state index contributed by atoms with van der Waals surface area (Å²) in [5.74, 6) is -0.851. The molecule has 0 aliphatic carbocycles. The Morgan fingerprint density at radius 2 is 1.39 bits per heavy atom. The first-order chi connectivity index (χ1) is 15.4. The number of hydrogen-bond acceptors (Lipinski definition) is 5. The number of ketones is 1. The van der Waals surface area contributed by atoms with Crippen molar-refractivity contribution < 1.29 is 18.8 Å². The monoisotopic (exact) mass is 465 g/mol. The molecule has 33 heavy (non-hydrogen) atoms. The number of ether oxygens (including phenoxy) is 1. The molecule has 0 amide bonds. The fourth-order valence-corrected chi connectivity index (χ4v) is 8.74. The van der Waals surface area contributed by atoms with Crippen molar-refractivity contribution in [1.29, 1.82) is 5.26 Å². The molecule has 2 aromatic rings. The molecule has 0 heterocycles. The quantitative estimate of drug-likeness (QED) is 0.309. The van der Waals surface area contributed by atoms with E-state index in [1.165, 1.54) is 0 Å². The molecule has 0 saturated carbocycles. The first-order valence-corrected chi connectivity index (χ1v) is 13.2. The van der Waals surface area contributed by atoms with Gasteiger partial charge in [-0.1, -0.05) is 81.4 Å². The topological polar surface area (TPSA) is 76.4 Å². The van der Waals surface area contributed by atoms with E-state index < -0.39 is 26.0 Å². The van der Waals surface area contributed by atoms with E-state index in [1.807, 2.05) is 36.4 Å². The van der Waals surface area contributed by atoms with Crippen molar-refractivity contribution in [3.8, 4) is 6.07 Å². The molecule has 2 rings (SSSR count). The molecule has 0 radical (unpaired) electrons. The highest BCUT2D eigenvalue weighted by Crippen LogP contribution is 2.38. The zero-order chi connectivity index (χ0) is 24.7. The lowest BCUT2D eigenvalue weighted by molar-refractivity contribution is -0.156. The third-order valence-corrected chi connectivity index (χ3v) is 10.4. The van der Waals surface area contributed by atoms with E-state index in [-0.39, 0.29) is 30.1 Å². The molecule has 0 aromatic heterocycles. The number of hydrogen-bond donors (Lipinski definition) is 0. The molecule has 5 nitrogen and oxygen atoms in total. The Kier molecular flexibility index (Phi) is 8.76. The second kappa shape index (κ2) is 10.9. The lowest BCUT2D eigenvalue weighted by Crippen LogP contribution is -2.67. The smallest absolute Gasteiger partial charge is 0.313 e. The van der Waals surface area contributed by atoms with Gasteiger partial charge in [0.05, 0.1) is 18.6 Å². The molecule has 0 N–H and O–H groups in total. The predicted octanol–water partition coefficient (Wildman–Crippen LogP) is 4.54. The molecule has 176 valence electrons. The number of rotatable bonds is 9. The third-order valence-electron chi connectivity index (χ3n) is 5.30. The molecule has 0 aliphatic rings. The van der Waals surface area contributed by atoms with Crippen molar-refractivity contribution >= 4 is 30.4 Å². The van der Waals surface area contributed by atoms with Gasteiger partial charge in [-0.15, -0.1) is 0 Å². The fourth-order valence-electron chi connectivity index (χ4n) is 4.06. The maximum Gasteiger partial charge on any atom is 0.313 e. The Hall–Kier alpha value is -2.75. The highest BCUT2D eigenvalue weighted by atomic mass is 28.4. The van der Waals surface area contributed by atoms with Gasteiger partial charge in [0.25, 0.3) is 8.32 Å². The Morgan fingerprint density at radius 3 is 1.79 bits per heavy atom. The van der Waals surface area contributed by atoms with E-state index in [0.717, 1.165) is 10.4 Å². The van der Waals surface area contributed by atoms with Crippen molar-refractivity contribution in [2.75, 3.05) is 0 Å². The molecular formula is C27H35NO4Si. The van der Waals surface area contributed by atoms with Crippen LogP contribution < -0.4 is 10.4 Å². The van der Waals surface area contributed by atoms with E-state index >= 15 is 0 Å². The van der Waals surface area contributed by atoms with E-state index in [1.54, 1.807) is 20.8 Å². The maximum atomic E-state index is 12.8. The summed E-state index contributed by atoms with van der Waals surface area (Å²) in [6.07, 6.45) is -0.915. The standard InChI is InChI=1S/C27H35NO4Si/c1-26(2,3)31-25(30)20-21(29)19-22(17-18-28)32-33(27(4,5)6,23-13-9-7-10-14-23)24-15-11-8-12-16-24/h7-16,22H,17,19-20H2,1-6H3. The first kappa shape index (κ1) is 26.5. The Morgan fingerprint density at radius 1 is 0.909 bits per heavy atom. The molecule has 0 fully saturated rings. The Bertz CT molecular complexity index is 930. The average Bonchev–Trinajstić information content (AvgIpc) is 2.71. The maximum absolute atomic E-state index is 12.8. The zero-order valence-electron chi connectivity index (χ0n) is 20.6. The lowest BCUT2D eigenvalue weighted by Gasteiger charge is -2.45. The normalized spacial score (nSPS) is 13.1. The molecule has 0 aliphatic heterocycles. The van der Waals surface area contributed by atoms with Gasteiger partial charge in [-0.25, -0.2) is 0 Å². The SMILES string of the molecule is CC(C)(C)OC(=O)CC(=O)CC(CC#N)O[Si](c1ccccc1)(c1ccccc1)C(C)(C)C. The highest BCUT2D eigenvalue weighted by Gasteiger charge is 2.51. The van der Waals surface area contributed by atoms with Crippen LogP contribution in [0.3, 0.4) is 0 Å². The second-order valence-corrected chi connectivity index (χ2v) is 14.5. The summed E-state index contributed by atoms with van der Waals surface area (Å²) in [7, 11) is -2.91. The minimum atomic E-state index is -2.91. The minimum absolute atomic E-state index is 0.0166. The van der Waals surface area contributed by atoms with Crippen molar-refractivity contribution in [1.82, 2.24) is 0 Å². The predicted molar refractivity (Wildman–Crippen MR) is 133 cm³/mol. The number of nitrogens with zero attached hydrogens (tertiary/aromatic N) is 1. The van der Waals surface area contributed by atoms with Crippen LogP contribution in [0, 0.1) is 11.3 Å². The molecule has 0 spiro atoms. The van der Waals surface area contributed by atoms with Crippen LogP contribution in [0.5, 0.6) is 0 Å². The number of benzene rings is 2. The number of carbonyl (C=O) groups is 2. The van der Waals surface area contributed by atoms with Crippen molar-refractivity contribution in [3.63, 3.8) is 0 Å². The van der Waals surface area contributed by atoms with Gasteiger partial charge < -0.3 is 9.16 Å². The number of Topliss-reactive ketones (excluding diaryl/α,β-unsaturated/α-hetero) is 1. The second-order valence-electron chi connectivity index (χ2n) is 10.3. The molecule has 2 aromatic carbocycles. The first-order valence-electron chi connectivity index (χ1n) is 11.3. The van der Waals surface area contributed by atoms with Gasteiger partial charge in [-0.05, 0) is 36.2 Å². The molecule has 0 bridgehead atoms. The van der Waals surface area contributed by atoms with Crippen molar-refractivity contribution in [3.05, 3.63) is 60.7 Å². The van der Waals surface area contributed by atoms with Crippen LogP contribution in [0.4, 0.5) is 0 Å². The van der Waals surface area contributed by atoms with E-state index in [4.69, 9.17) is 9.16 Å². The number of carbonyl (C=O) groups excluding carboxylic acids is 2. The van der Waals surface area contributed by atoms with Crippen LogP contribution >= 0.6 is 0 Å². The molecule has 1 atom stereocenters. The summed E-state index contributed by atoms with van der Waals surface area (Å²) in [6, 6.07) is 22.3. The third kappa shape index (κ3) is 7.11. The number of esters is 1. The summed E-state index contributed by atoms with van der Waals surface area (Å²) in [6.45, 7) is 11.7. The van der Waals surface area contributed by atoms with Gasteiger partial charge >= 0.3 is 5.97 Å². The van der Waals surface area contributed by atoms with Crippen LogP contribution in [0.1, 0.15) is 60.8 Å². The van der Waals surface area contributed by atoms with Crippen LogP contribution in [0.2, 0.25) is 5.04 Å². The van der Waals surface area contributed by atoms with Crippen LogP contribution in [0.15, 0.2) is 60.7 Å². The lowest BCUT2D eigenvalue weighted by atomic mass is 10.1. The zero-order valence-corrected chi connectivity index (χ0v) is 21.6. The number of nitriles is 1. The average molecular weight is 466 g/mol. The molecule has 1 unspecified atom stereocenters. The van der Waals surface area contributed by atoms with E-state index in [0.29, 0.717) is 0 Å². The van der Waals surface area contributed by atoms with Crippen molar-refractivity contribution in [2.45, 2.75) is 77.5 Å². The van der Waals surface area contributed by atoms with Gasteiger partial charge in [0.15, 0.2) is 0 Å². The van der Waals surface area contributed by atoms with Crippen LogP contribution in [-0.2, 0) is 18.8 Å². The van der Waals surface area contributed by atoms with Gasteiger partial charge in [-0.3, -0.25) is 9.59 Å². The summed E-state index contributed by atoms with van der Waals surface area (Å²) in [4.78, 5) is 24.9. The summed E-state index contributed by atoms with van der Waals surface area (Å²) < 4.78 is 12.2. The summed E-state index contributed by atoms with van der Waals surface area (Å²) >= 11 is 0. The minimum Gasteiger partial charge on any atom is -0.460 e. The Balaban J connectivity index is 2.43. The van der Waals surface area contributed by atoms with E-state index in [9.17, 15) is 14.9 Å². The fraction of sp³-hybridized carbons (Fsp3) is 0.444. The van der Waals surface area contributed by atoms with Gasteiger partial charge in [-0.2, -0.15) is 5.26 Å². The summed E-state index contributed by atoms with van der Waals surface area (Å²) in [5, 5.41) is 11.4. The van der Waals surface area contributed by atoms with Crippen molar-refractivity contribution in [2.24, 2.45) is 0 Å². The molecule has 0 saturated heterocycles. The summed E-state index contributed by atoms with van der Waals surface area (Å²) in [5.41, 5.74) is -0.658. The van der Waals surface area contributed by atoms with Gasteiger partial charge in [0.2, 0.25) is 0 Å². The molecule has 6 heteroatoms. The largest absolute Gasteiger partial charge is 0.460 e.